The molecule has 0 atom stereocenters. The molecule has 0 bridgehead atoms. The van der Waals surface area contributed by atoms with Gasteiger partial charge >= 0.3 is 0 Å². The Morgan fingerprint density at radius 3 is 2.88 bits per heavy atom. The van der Waals surface area contributed by atoms with Crippen LogP contribution in [0.1, 0.15) is 5.56 Å². The molecule has 0 aliphatic rings. The standard InChI is InChI=1S/C12H14ClN3/c1-10-4-2-3-5-12(10)14-6-7-16-9-11(13)8-15-16/h2-5,8-9,14H,6-7H2,1H3. The van der Waals surface area contributed by atoms with Gasteiger partial charge < -0.3 is 5.32 Å². The van der Waals surface area contributed by atoms with Gasteiger partial charge in [-0.25, -0.2) is 0 Å². The van der Waals surface area contributed by atoms with Crippen LogP contribution < -0.4 is 5.32 Å². The van der Waals surface area contributed by atoms with Gasteiger partial charge in [-0.3, -0.25) is 4.68 Å². The van der Waals surface area contributed by atoms with E-state index in [1.807, 2.05) is 23.0 Å². The lowest BCUT2D eigenvalue weighted by atomic mass is 10.2. The average molecular weight is 236 g/mol. The van der Waals surface area contributed by atoms with Crippen LogP contribution in [0.5, 0.6) is 0 Å². The van der Waals surface area contributed by atoms with Gasteiger partial charge in [-0.2, -0.15) is 5.10 Å². The van der Waals surface area contributed by atoms with Crippen LogP contribution in [-0.2, 0) is 6.54 Å². The third-order valence-corrected chi connectivity index (χ3v) is 2.60. The van der Waals surface area contributed by atoms with Crippen molar-refractivity contribution >= 4 is 17.3 Å². The topological polar surface area (TPSA) is 29.9 Å². The summed E-state index contributed by atoms with van der Waals surface area (Å²) in [6.07, 6.45) is 3.47. The Balaban J connectivity index is 1.87. The van der Waals surface area contributed by atoms with Crippen molar-refractivity contribution in [1.29, 1.82) is 0 Å². The quantitative estimate of drug-likeness (QED) is 0.883. The molecular weight excluding hydrogens is 222 g/mol. The van der Waals surface area contributed by atoms with Crippen molar-refractivity contribution in [3.63, 3.8) is 0 Å². The zero-order valence-corrected chi connectivity index (χ0v) is 9.91. The van der Waals surface area contributed by atoms with Crippen molar-refractivity contribution in [2.75, 3.05) is 11.9 Å². The van der Waals surface area contributed by atoms with E-state index < -0.39 is 0 Å². The number of rotatable bonds is 4. The van der Waals surface area contributed by atoms with E-state index >= 15 is 0 Å². The molecule has 16 heavy (non-hydrogen) atoms. The van der Waals surface area contributed by atoms with Gasteiger partial charge in [0.25, 0.3) is 0 Å². The number of halogens is 1. The Labute approximate surface area is 100 Å². The Morgan fingerprint density at radius 2 is 2.19 bits per heavy atom. The van der Waals surface area contributed by atoms with Gasteiger partial charge in [0.05, 0.1) is 17.8 Å². The molecule has 1 aromatic carbocycles. The maximum atomic E-state index is 5.78. The van der Waals surface area contributed by atoms with E-state index in [1.54, 1.807) is 6.20 Å². The molecule has 0 saturated carbocycles. The lowest BCUT2D eigenvalue weighted by molar-refractivity contribution is 0.638. The summed E-state index contributed by atoms with van der Waals surface area (Å²) in [6, 6.07) is 8.23. The maximum absolute atomic E-state index is 5.78. The summed E-state index contributed by atoms with van der Waals surface area (Å²) in [5.41, 5.74) is 2.42. The smallest absolute Gasteiger partial charge is 0.0785 e. The number of nitrogens with zero attached hydrogens (tertiary/aromatic N) is 2. The molecule has 0 aliphatic carbocycles. The predicted molar refractivity (Wildman–Crippen MR) is 66.9 cm³/mol. The van der Waals surface area contributed by atoms with Crippen molar-refractivity contribution < 1.29 is 0 Å². The molecule has 84 valence electrons. The van der Waals surface area contributed by atoms with Crippen LogP contribution in [0, 0.1) is 6.92 Å². The summed E-state index contributed by atoms with van der Waals surface area (Å²) in [5, 5.41) is 8.16. The SMILES string of the molecule is Cc1ccccc1NCCn1cc(Cl)cn1. The fourth-order valence-electron chi connectivity index (χ4n) is 1.54. The normalized spacial score (nSPS) is 10.4. The Hall–Kier alpha value is -1.48. The van der Waals surface area contributed by atoms with Crippen molar-refractivity contribution in [2.45, 2.75) is 13.5 Å². The van der Waals surface area contributed by atoms with E-state index in [-0.39, 0.29) is 0 Å². The highest BCUT2D eigenvalue weighted by Crippen LogP contribution is 2.12. The molecule has 1 N–H and O–H groups in total. The summed E-state index contributed by atoms with van der Waals surface area (Å²) in [4.78, 5) is 0. The number of aromatic nitrogens is 2. The lowest BCUT2D eigenvalue weighted by Gasteiger charge is -2.08. The van der Waals surface area contributed by atoms with E-state index in [1.165, 1.54) is 11.3 Å². The summed E-state index contributed by atoms with van der Waals surface area (Å²) in [5.74, 6) is 0. The zero-order chi connectivity index (χ0) is 11.4. The molecule has 1 aromatic heterocycles. The Bertz CT molecular complexity index is 465. The molecule has 0 unspecified atom stereocenters. The van der Waals surface area contributed by atoms with Crippen molar-refractivity contribution in [3.8, 4) is 0 Å². The van der Waals surface area contributed by atoms with Crippen LogP contribution in [0.15, 0.2) is 36.7 Å². The van der Waals surface area contributed by atoms with Gasteiger partial charge in [-0.1, -0.05) is 29.8 Å². The highest BCUT2D eigenvalue weighted by molar-refractivity contribution is 6.30. The predicted octanol–water partition coefficient (Wildman–Crippen LogP) is 2.96. The molecule has 1 heterocycles. The van der Waals surface area contributed by atoms with E-state index in [0.29, 0.717) is 5.02 Å². The van der Waals surface area contributed by atoms with Crippen molar-refractivity contribution in [3.05, 3.63) is 47.2 Å². The average Bonchev–Trinajstić information content (AvgIpc) is 2.67. The van der Waals surface area contributed by atoms with Gasteiger partial charge in [-0.15, -0.1) is 0 Å². The minimum atomic E-state index is 0.677. The number of hydrogen-bond acceptors (Lipinski definition) is 2. The van der Waals surface area contributed by atoms with Crippen molar-refractivity contribution in [2.24, 2.45) is 0 Å². The largest absolute Gasteiger partial charge is 0.383 e. The second-order valence-electron chi connectivity index (χ2n) is 3.66. The molecular formula is C12H14ClN3. The van der Waals surface area contributed by atoms with Crippen LogP contribution in [-0.4, -0.2) is 16.3 Å². The molecule has 4 heteroatoms. The van der Waals surface area contributed by atoms with Crippen LogP contribution >= 0.6 is 11.6 Å². The summed E-state index contributed by atoms with van der Waals surface area (Å²) in [6.45, 7) is 3.73. The van der Waals surface area contributed by atoms with Gasteiger partial charge in [-0.05, 0) is 18.6 Å². The van der Waals surface area contributed by atoms with E-state index in [9.17, 15) is 0 Å². The van der Waals surface area contributed by atoms with Crippen LogP contribution in [0.2, 0.25) is 5.02 Å². The highest BCUT2D eigenvalue weighted by atomic mass is 35.5. The maximum Gasteiger partial charge on any atom is 0.0785 e. The lowest BCUT2D eigenvalue weighted by Crippen LogP contribution is -2.11. The van der Waals surface area contributed by atoms with Gasteiger partial charge in [0.15, 0.2) is 0 Å². The second-order valence-corrected chi connectivity index (χ2v) is 4.10. The molecule has 0 amide bonds. The monoisotopic (exact) mass is 235 g/mol. The number of benzene rings is 1. The highest BCUT2D eigenvalue weighted by Gasteiger charge is 1.97. The van der Waals surface area contributed by atoms with Crippen molar-refractivity contribution in [1.82, 2.24) is 9.78 Å². The minimum Gasteiger partial charge on any atom is -0.383 e. The van der Waals surface area contributed by atoms with Crippen LogP contribution in [0.3, 0.4) is 0 Å². The zero-order valence-electron chi connectivity index (χ0n) is 9.15. The first-order chi connectivity index (χ1) is 7.75. The molecule has 3 nitrogen and oxygen atoms in total. The summed E-state index contributed by atoms with van der Waals surface area (Å²) in [7, 11) is 0. The molecule has 2 aromatic rings. The van der Waals surface area contributed by atoms with Crippen LogP contribution in [0.25, 0.3) is 0 Å². The Kier molecular flexibility index (Phi) is 3.47. The minimum absolute atomic E-state index is 0.677. The molecule has 0 fully saturated rings. The second kappa shape index (κ2) is 5.03. The number of hydrogen-bond donors (Lipinski definition) is 1. The van der Waals surface area contributed by atoms with Gasteiger partial charge in [0.2, 0.25) is 0 Å². The summed E-state index contributed by atoms with van der Waals surface area (Å²) < 4.78 is 1.83. The van der Waals surface area contributed by atoms with Gasteiger partial charge in [0, 0.05) is 18.4 Å². The fourth-order valence-corrected chi connectivity index (χ4v) is 1.69. The molecule has 2 rings (SSSR count). The fraction of sp³-hybridized carbons (Fsp3) is 0.250. The number of nitrogens with one attached hydrogen (secondary N) is 1. The van der Waals surface area contributed by atoms with E-state index in [4.69, 9.17) is 11.6 Å². The van der Waals surface area contributed by atoms with E-state index in [2.05, 4.69) is 29.5 Å². The van der Waals surface area contributed by atoms with Crippen LogP contribution in [0.4, 0.5) is 5.69 Å². The number of para-hydroxylation sites is 1. The number of aryl methyl sites for hydroxylation is 1. The Morgan fingerprint density at radius 1 is 1.38 bits per heavy atom. The first-order valence-electron chi connectivity index (χ1n) is 5.23. The van der Waals surface area contributed by atoms with Gasteiger partial charge in [0.1, 0.15) is 0 Å². The number of anilines is 1. The third kappa shape index (κ3) is 2.76. The molecule has 0 radical (unpaired) electrons. The van der Waals surface area contributed by atoms with E-state index in [0.717, 1.165) is 13.1 Å². The summed E-state index contributed by atoms with van der Waals surface area (Å²) >= 11 is 5.78. The third-order valence-electron chi connectivity index (χ3n) is 2.40. The first-order valence-corrected chi connectivity index (χ1v) is 5.61. The molecule has 0 spiro atoms. The first kappa shape index (κ1) is 11.0. The molecule has 0 aliphatic heterocycles. The molecule has 0 saturated heterocycles.